The van der Waals surface area contributed by atoms with Crippen molar-refractivity contribution >= 4 is 12.1 Å². The lowest BCUT2D eigenvalue weighted by Gasteiger charge is -2.16. The SMILES string of the molecule is COc1cccc(CCC2C(=O)OC(=O)N2C)c1OC. The maximum atomic E-state index is 11.6. The number of methoxy groups -OCH3 is 2. The van der Waals surface area contributed by atoms with E-state index >= 15 is 0 Å². The smallest absolute Gasteiger partial charge is 0.418 e. The molecule has 1 amide bonds. The quantitative estimate of drug-likeness (QED) is 0.605. The molecule has 0 aromatic heterocycles. The molecule has 108 valence electrons. The van der Waals surface area contributed by atoms with E-state index in [0.29, 0.717) is 24.3 Å². The lowest BCUT2D eigenvalue weighted by molar-refractivity contribution is -0.135. The Morgan fingerprint density at radius 1 is 1.25 bits per heavy atom. The van der Waals surface area contributed by atoms with Crippen LogP contribution in [0, 0.1) is 0 Å². The molecule has 1 atom stereocenters. The van der Waals surface area contributed by atoms with E-state index in [-0.39, 0.29) is 0 Å². The van der Waals surface area contributed by atoms with E-state index in [1.165, 1.54) is 4.90 Å². The number of rotatable bonds is 5. The fourth-order valence-corrected chi connectivity index (χ4v) is 2.27. The van der Waals surface area contributed by atoms with Crippen LogP contribution in [0.3, 0.4) is 0 Å². The maximum Gasteiger partial charge on any atom is 0.418 e. The zero-order chi connectivity index (χ0) is 14.7. The summed E-state index contributed by atoms with van der Waals surface area (Å²) in [5, 5.41) is 0. The molecule has 1 aromatic carbocycles. The first-order chi connectivity index (χ1) is 9.58. The van der Waals surface area contributed by atoms with E-state index in [2.05, 4.69) is 4.74 Å². The predicted octanol–water partition coefficient (Wildman–Crippen LogP) is 1.61. The minimum Gasteiger partial charge on any atom is -0.493 e. The molecule has 0 bridgehead atoms. The number of ether oxygens (including phenoxy) is 3. The fraction of sp³-hybridized carbons (Fsp3) is 0.429. The molecule has 0 radical (unpaired) electrons. The van der Waals surface area contributed by atoms with Crippen LogP contribution in [0.4, 0.5) is 4.79 Å². The zero-order valence-electron chi connectivity index (χ0n) is 11.7. The van der Waals surface area contributed by atoms with Crippen molar-refractivity contribution in [3.8, 4) is 11.5 Å². The van der Waals surface area contributed by atoms with Gasteiger partial charge in [-0.3, -0.25) is 4.90 Å². The van der Waals surface area contributed by atoms with E-state index in [1.807, 2.05) is 18.2 Å². The van der Waals surface area contributed by atoms with Crippen molar-refractivity contribution in [1.29, 1.82) is 0 Å². The van der Waals surface area contributed by atoms with Crippen molar-refractivity contribution < 1.29 is 23.8 Å². The van der Waals surface area contributed by atoms with Crippen molar-refractivity contribution in [2.45, 2.75) is 18.9 Å². The molecule has 6 heteroatoms. The Hall–Kier alpha value is -2.24. The standard InChI is InChI=1S/C14H17NO5/c1-15-10(13(16)20-14(15)17)8-7-9-5-4-6-11(18-2)12(9)19-3/h4-6,10H,7-8H2,1-3H3. The number of benzene rings is 1. The van der Waals surface area contributed by atoms with Gasteiger partial charge in [0.05, 0.1) is 14.2 Å². The van der Waals surface area contributed by atoms with Crippen LogP contribution in [0.2, 0.25) is 0 Å². The van der Waals surface area contributed by atoms with E-state index in [9.17, 15) is 9.59 Å². The highest BCUT2D eigenvalue weighted by molar-refractivity contribution is 5.95. The van der Waals surface area contributed by atoms with E-state index in [4.69, 9.17) is 9.47 Å². The molecule has 1 heterocycles. The van der Waals surface area contributed by atoms with Gasteiger partial charge in [0.15, 0.2) is 11.5 Å². The van der Waals surface area contributed by atoms with Crippen LogP contribution < -0.4 is 9.47 Å². The Balaban J connectivity index is 2.11. The topological polar surface area (TPSA) is 65.1 Å². The third-order valence-corrected chi connectivity index (χ3v) is 3.39. The molecule has 6 nitrogen and oxygen atoms in total. The van der Waals surface area contributed by atoms with Gasteiger partial charge in [-0.1, -0.05) is 12.1 Å². The maximum absolute atomic E-state index is 11.6. The molecule has 1 aliphatic rings. The molecule has 2 rings (SSSR count). The first-order valence-electron chi connectivity index (χ1n) is 6.26. The summed E-state index contributed by atoms with van der Waals surface area (Å²) in [5.74, 6) is 0.790. The third-order valence-electron chi connectivity index (χ3n) is 3.39. The van der Waals surface area contributed by atoms with Gasteiger partial charge in [-0.25, -0.2) is 9.59 Å². The second-order valence-electron chi connectivity index (χ2n) is 4.51. The first kappa shape index (κ1) is 14.2. The summed E-state index contributed by atoms with van der Waals surface area (Å²) in [6.07, 6.45) is 0.458. The summed E-state index contributed by atoms with van der Waals surface area (Å²) in [7, 11) is 4.70. The molecular weight excluding hydrogens is 262 g/mol. The third kappa shape index (κ3) is 2.54. The molecule has 1 aromatic rings. The second kappa shape index (κ2) is 5.81. The van der Waals surface area contributed by atoms with Crippen LogP contribution in [0.1, 0.15) is 12.0 Å². The van der Waals surface area contributed by atoms with Gasteiger partial charge in [0, 0.05) is 7.05 Å². The van der Waals surface area contributed by atoms with E-state index in [0.717, 1.165) is 5.56 Å². The van der Waals surface area contributed by atoms with Crippen LogP contribution in [0.25, 0.3) is 0 Å². The average molecular weight is 279 g/mol. The molecule has 1 aliphatic heterocycles. The van der Waals surface area contributed by atoms with Gasteiger partial charge >= 0.3 is 12.1 Å². The van der Waals surface area contributed by atoms with Gasteiger partial charge in [0.25, 0.3) is 0 Å². The zero-order valence-corrected chi connectivity index (χ0v) is 11.7. The lowest BCUT2D eigenvalue weighted by Crippen LogP contribution is -2.31. The minimum atomic E-state index is -0.599. The second-order valence-corrected chi connectivity index (χ2v) is 4.51. The number of cyclic esters (lactones) is 2. The van der Waals surface area contributed by atoms with Gasteiger partial charge in [-0.15, -0.1) is 0 Å². The number of likely N-dealkylation sites (N-methyl/N-ethyl adjacent to an activating group) is 1. The van der Waals surface area contributed by atoms with Crippen molar-refractivity contribution in [3.05, 3.63) is 23.8 Å². The van der Waals surface area contributed by atoms with Crippen molar-refractivity contribution in [2.75, 3.05) is 21.3 Å². The summed E-state index contributed by atoms with van der Waals surface area (Å²) in [6, 6.07) is 5.03. The number of carbonyl (C=O) groups is 2. The van der Waals surface area contributed by atoms with Gasteiger partial charge in [-0.2, -0.15) is 0 Å². The molecule has 0 N–H and O–H groups in total. The number of carbonyl (C=O) groups excluding carboxylic acids is 2. The van der Waals surface area contributed by atoms with Crippen molar-refractivity contribution in [2.24, 2.45) is 0 Å². The molecule has 1 fully saturated rings. The molecule has 0 spiro atoms. The molecule has 0 saturated carbocycles. The Morgan fingerprint density at radius 3 is 2.55 bits per heavy atom. The van der Waals surface area contributed by atoms with Crippen molar-refractivity contribution in [3.63, 3.8) is 0 Å². The number of nitrogens with zero attached hydrogens (tertiary/aromatic N) is 1. The van der Waals surface area contributed by atoms with Gasteiger partial charge < -0.3 is 14.2 Å². The monoisotopic (exact) mass is 279 g/mol. The minimum absolute atomic E-state index is 0.477. The van der Waals surface area contributed by atoms with Crippen LogP contribution in [-0.2, 0) is 16.0 Å². The molecule has 0 aliphatic carbocycles. The Labute approximate surface area is 117 Å². The Morgan fingerprint density at radius 2 is 2.00 bits per heavy atom. The fourth-order valence-electron chi connectivity index (χ4n) is 2.27. The summed E-state index contributed by atoms with van der Waals surface area (Å²) in [5.41, 5.74) is 0.924. The highest BCUT2D eigenvalue weighted by Crippen LogP contribution is 2.32. The molecule has 1 unspecified atom stereocenters. The number of hydrogen-bond acceptors (Lipinski definition) is 5. The number of esters is 1. The highest BCUT2D eigenvalue weighted by atomic mass is 16.6. The van der Waals surface area contributed by atoms with Crippen LogP contribution in [-0.4, -0.2) is 44.3 Å². The number of para-hydroxylation sites is 1. The van der Waals surface area contributed by atoms with E-state index in [1.54, 1.807) is 21.3 Å². The van der Waals surface area contributed by atoms with Crippen LogP contribution >= 0.6 is 0 Å². The van der Waals surface area contributed by atoms with Gasteiger partial charge in [0.2, 0.25) is 0 Å². The average Bonchev–Trinajstić information content (AvgIpc) is 2.69. The number of hydrogen-bond donors (Lipinski definition) is 0. The summed E-state index contributed by atoms with van der Waals surface area (Å²) in [6.45, 7) is 0. The van der Waals surface area contributed by atoms with Gasteiger partial charge in [0.1, 0.15) is 6.04 Å². The molecular formula is C14H17NO5. The lowest BCUT2D eigenvalue weighted by atomic mass is 10.0. The van der Waals surface area contributed by atoms with Crippen molar-refractivity contribution in [1.82, 2.24) is 4.90 Å². The predicted molar refractivity (Wildman–Crippen MR) is 70.9 cm³/mol. The molecule has 20 heavy (non-hydrogen) atoms. The largest absolute Gasteiger partial charge is 0.493 e. The number of aryl methyl sites for hydroxylation is 1. The normalized spacial score (nSPS) is 18.1. The summed E-state index contributed by atoms with van der Waals surface area (Å²) in [4.78, 5) is 24.1. The summed E-state index contributed by atoms with van der Waals surface area (Å²) < 4.78 is 15.1. The first-order valence-corrected chi connectivity index (χ1v) is 6.26. The highest BCUT2D eigenvalue weighted by Gasteiger charge is 2.38. The summed E-state index contributed by atoms with van der Waals surface area (Å²) >= 11 is 0. The number of amides is 1. The van der Waals surface area contributed by atoms with E-state index < -0.39 is 18.1 Å². The van der Waals surface area contributed by atoms with Gasteiger partial charge in [-0.05, 0) is 24.5 Å². The van der Waals surface area contributed by atoms with Crippen LogP contribution in [0.15, 0.2) is 18.2 Å². The molecule has 1 saturated heterocycles. The Kier molecular flexibility index (Phi) is 4.12. The van der Waals surface area contributed by atoms with Crippen LogP contribution in [0.5, 0.6) is 11.5 Å². The Bertz CT molecular complexity index is 528.